The smallest absolute Gasteiger partial charge is 0.449 e. The first-order valence-electron chi connectivity index (χ1n) is 12.1. The standard InChI is InChI=1S/C25H31F3N4O5/c1-5-8-18-20-21(31(4)30-18)22(33)32(24(29-20)25(26,27)28)13-14-37-17-11-9-16(10-12-17)15-19(35-6-2)23(34)36-7-3/h9-12,19H,5-8,13-15H2,1-4H3. The van der Waals surface area contributed by atoms with Crippen molar-refractivity contribution in [1.29, 1.82) is 0 Å². The van der Waals surface area contributed by atoms with E-state index in [4.69, 9.17) is 14.2 Å². The number of alkyl halides is 3. The number of fused-ring (bicyclic) bond motifs is 1. The van der Waals surface area contributed by atoms with Gasteiger partial charge in [0.2, 0.25) is 5.82 Å². The third kappa shape index (κ3) is 6.68. The first-order chi connectivity index (χ1) is 17.6. The zero-order valence-electron chi connectivity index (χ0n) is 21.3. The Morgan fingerprint density at radius 2 is 1.81 bits per heavy atom. The van der Waals surface area contributed by atoms with Crippen LogP contribution in [0.5, 0.6) is 5.75 Å². The number of carbonyl (C=O) groups excluding carboxylic acids is 1. The normalized spacial score (nSPS) is 12.6. The Hall–Kier alpha value is -3.41. The van der Waals surface area contributed by atoms with Crippen LogP contribution in [0.15, 0.2) is 29.1 Å². The van der Waals surface area contributed by atoms with E-state index in [9.17, 15) is 22.8 Å². The van der Waals surface area contributed by atoms with Gasteiger partial charge in [-0.2, -0.15) is 18.3 Å². The van der Waals surface area contributed by atoms with E-state index < -0.39 is 29.6 Å². The topological polar surface area (TPSA) is 97.5 Å². The number of benzene rings is 1. The second-order valence-electron chi connectivity index (χ2n) is 8.30. The molecule has 3 aromatic rings. The van der Waals surface area contributed by atoms with Gasteiger partial charge in [-0.25, -0.2) is 9.78 Å². The number of carbonyl (C=O) groups is 1. The third-order valence-corrected chi connectivity index (χ3v) is 5.60. The highest BCUT2D eigenvalue weighted by atomic mass is 19.4. The molecule has 12 heteroatoms. The second-order valence-corrected chi connectivity index (χ2v) is 8.30. The van der Waals surface area contributed by atoms with Crippen molar-refractivity contribution < 1.29 is 32.2 Å². The van der Waals surface area contributed by atoms with Crippen LogP contribution in [-0.2, 0) is 46.9 Å². The van der Waals surface area contributed by atoms with Crippen molar-refractivity contribution in [2.75, 3.05) is 19.8 Å². The number of rotatable bonds is 12. The van der Waals surface area contributed by atoms with Crippen LogP contribution in [0.4, 0.5) is 13.2 Å². The van der Waals surface area contributed by atoms with Crippen molar-refractivity contribution >= 4 is 17.0 Å². The molecular weight excluding hydrogens is 493 g/mol. The Balaban J connectivity index is 1.76. The summed E-state index contributed by atoms with van der Waals surface area (Å²) in [6.07, 6.45) is -4.20. The number of esters is 1. The minimum atomic E-state index is -4.83. The summed E-state index contributed by atoms with van der Waals surface area (Å²) in [5.74, 6) is -1.33. The number of ether oxygens (including phenoxy) is 3. The van der Waals surface area contributed by atoms with Crippen molar-refractivity contribution in [3.8, 4) is 5.75 Å². The molecule has 37 heavy (non-hydrogen) atoms. The zero-order chi connectivity index (χ0) is 27.2. The van der Waals surface area contributed by atoms with Gasteiger partial charge < -0.3 is 14.2 Å². The monoisotopic (exact) mass is 524 g/mol. The van der Waals surface area contributed by atoms with Crippen molar-refractivity contribution in [3.05, 3.63) is 51.7 Å². The van der Waals surface area contributed by atoms with E-state index in [0.717, 1.165) is 5.56 Å². The average molecular weight is 525 g/mol. The molecule has 3 rings (SSSR count). The molecule has 2 heterocycles. The number of nitrogens with zero attached hydrogens (tertiary/aromatic N) is 4. The highest BCUT2D eigenvalue weighted by Crippen LogP contribution is 2.29. The number of aryl methyl sites for hydroxylation is 2. The molecule has 0 saturated heterocycles. The Bertz CT molecular complexity index is 1270. The van der Waals surface area contributed by atoms with Gasteiger partial charge in [0.05, 0.1) is 18.8 Å². The molecule has 0 spiro atoms. The SMILES string of the molecule is CCCc1nn(C)c2c(=O)n(CCOc3ccc(CC(OCC)C(=O)OCC)cc3)c(C(F)(F)F)nc12. The van der Waals surface area contributed by atoms with Gasteiger partial charge >= 0.3 is 12.1 Å². The summed E-state index contributed by atoms with van der Waals surface area (Å²) in [5, 5.41) is 4.20. The minimum absolute atomic E-state index is 0.0197. The summed E-state index contributed by atoms with van der Waals surface area (Å²) in [7, 11) is 1.51. The molecule has 0 N–H and O–H groups in total. The molecule has 1 aromatic carbocycles. The Morgan fingerprint density at radius 3 is 2.41 bits per heavy atom. The fourth-order valence-electron chi connectivity index (χ4n) is 3.98. The summed E-state index contributed by atoms with van der Waals surface area (Å²) in [4.78, 5) is 28.9. The van der Waals surface area contributed by atoms with Crippen LogP contribution in [0, 0.1) is 0 Å². The van der Waals surface area contributed by atoms with E-state index >= 15 is 0 Å². The number of hydrogen-bond acceptors (Lipinski definition) is 7. The first-order valence-corrected chi connectivity index (χ1v) is 12.1. The fraction of sp³-hybridized carbons (Fsp3) is 0.520. The zero-order valence-corrected chi connectivity index (χ0v) is 21.3. The van der Waals surface area contributed by atoms with Crippen LogP contribution in [0.25, 0.3) is 11.0 Å². The first kappa shape index (κ1) is 28.2. The lowest BCUT2D eigenvalue weighted by Gasteiger charge is -2.16. The van der Waals surface area contributed by atoms with Gasteiger partial charge in [-0.05, 0) is 38.0 Å². The van der Waals surface area contributed by atoms with E-state index in [0.29, 0.717) is 41.9 Å². The van der Waals surface area contributed by atoms with E-state index in [1.165, 1.54) is 11.7 Å². The summed E-state index contributed by atoms with van der Waals surface area (Å²) in [5.41, 5.74) is 0.326. The van der Waals surface area contributed by atoms with E-state index in [2.05, 4.69) is 10.1 Å². The molecule has 9 nitrogen and oxygen atoms in total. The Kier molecular flexibility index (Phi) is 9.30. The van der Waals surface area contributed by atoms with Crippen molar-refractivity contribution in [2.24, 2.45) is 7.05 Å². The van der Waals surface area contributed by atoms with Gasteiger partial charge in [-0.3, -0.25) is 14.0 Å². The van der Waals surface area contributed by atoms with Crippen LogP contribution in [0.3, 0.4) is 0 Å². The largest absolute Gasteiger partial charge is 0.492 e. The number of halogens is 3. The summed E-state index contributed by atoms with van der Waals surface area (Å²) < 4.78 is 59.4. The van der Waals surface area contributed by atoms with Gasteiger partial charge in [0.25, 0.3) is 5.56 Å². The van der Waals surface area contributed by atoms with Gasteiger partial charge in [0.1, 0.15) is 17.9 Å². The maximum Gasteiger partial charge on any atom is 0.449 e. The molecule has 0 amide bonds. The maximum atomic E-state index is 13.8. The Labute approximate surface area is 212 Å². The highest BCUT2D eigenvalue weighted by molar-refractivity contribution is 5.77. The third-order valence-electron chi connectivity index (χ3n) is 5.60. The van der Waals surface area contributed by atoms with Crippen LogP contribution in [0.2, 0.25) is 0 Å². The highest BCUT2D eigenvalue weighted by Gasteiger charge is 2.38. The van der Waals surface area contributed by atoms with Crippen LogP contribution in [-0.4, -0.2) is 51.2 Å². The quantitative estimate of drug-likeness (QED) is 0.334. The van der Waals surface area contributed by atoms with Crippen molar-refractivity contribution in [2.45, 2.75) is 58.9 Å². The molecule has 1 unspecified atom stereocenters. The molecule has 0 aliphatic rings. The van der Waals surface area contributed by atoms with Crippen molar-refractivity contribution in [3.63, 3.8) is 0 Å². The van der Waals surface area contributed by atoms with Gasteiger partial charge in [-0.15, -0.1) is 0 Å². The predicted octanol–water partition coefficient (Wildman–Crippen LogP) is 3.69. The average Bonchev–Trinajstić information content (AvgIpc) is 3.16. The minimum Gasteiger partial charge on any atom is -0.492 e. The lowest BCUT2D eigenvalue weighted by atomic mass is 10.1. The second kappa shape index (κ2) is 12.2. The summed E-state index contributed by atoms with van der Waals surface area (Å²) in [6.45, 7) is 5.41. The van der Waals surface area contributed by atoms with Gasteiger partial charge in [0, 0.05) is 20.1 Å². The van der Waals surface area contributed by atoms with Crippen LogP contribution < -0.4 is 10.3 Å². The fourth-order valence-corrected chi connectivity index (χ4v) is 3.98. The molecule has 2 aromatic heterocycles. The molecule has 0 saturated carbocycles. The number of hydrogen-bond donors (Lipinski definition) is 0. The predicted molar refractivity (Wildman–Crippen MR) is 129 cm³/mol. The van der Waals surface area contributed by atoms with Gasteiger partial charge in [-0.1, -0.05) is 25.5 Å². The van der Waals surface area contributed by atoms with E-state index in [-0.39, 0.29) is 30.8 Å². The molecule has 0 aliphatic heterocycles. The number of aromatic nitrogens is 4. The van der Waals surface area contributed by atoms with Crippen LogP contribution in [0.1, 0.15) is 44.3 Å². The van der Waals surface area contributed by atoms with Crippen molar-refractivity contribution in [1.82, 2.24) is 19.3 Å². The van der Waals surface area contributed by atoms with E-state index in [1.54, 1.807) is 38.1 Å². The lowest BCUT2D eigenvalue weighted by Crippen LogP contribution is -2.32. The van der Waals surface area contributed by atoms with Crippen LogP contribution >= 0.6 is 0 Å². The molecule has 1 atom stereocenters. The maximum absolute atomic E-state index is 13.8. The molecular formula is C25H31F3N4O5. The molecule has 202 valence electrons. The van der Waals surface area contributed by atoms with E-state index in [1.807, 2.05) is 6.92 Å². The Morgan fingerprint density at radius 1 is 1.11 bits per heavy atom. The summed E-state index contributed by atoms with van der Waals surface area (Å²) >= 11 is 0. The summed E-state index contributed by atoms with van der Waals surface area (Å²) in [6, 6.07) is 6.73. The molecule has 0 fully saturated rings. The molecule has 0 bridgehead atoms. The lowest BCUT2D eigenvalue weighted by molar-refractivity contribution is -0.156. The molecule has 0 aliphatic carbocycles. The molecule has 0 radical (unpaired) electrons. The van der Waals surface area contributed by atoms with Gasteiger partial charge in [0.15, 0.2) is 11.6 Å².